The minimum atomic E-state index is -1.33. The van der Waals surface area contributed by atoms with Crippen LogP contribution in [0.15, 0.2) is 0 Å². The SMILES string of the molecule is C[Si](C)(Cl)CCCCN1[Si](C)(C)CC[Si]1(C)C. The Morgan fingerprint density at radius 3 is 1.88 bits per heavy atom. The summed E-state index contributed by atoms with van der Waals surface area (Å²) in [5, 5.41) is 0. The Kier molecular flexibility index (Phi) is 5.15. The average molecular weight is 308 g/mol. The van der Waals surface area contributed by atoms with Gasteiger partial charge in [0, 0.05) is 0 Å². The average Bonchev–Trinajstić information content (AvgIpc) is 2.31. The molecule has 0 aromatic rings. The smallest absolute Gasteiger partial charge is 0.150 e. The number of rotatable bonds is 5. The number of unbranched alkanes of at least 4 members (excludes halogenated alkanes) is 1. The molecule has 1 rings (SSSR count). The second kappa shape index (κ2) is 5.49. The van der Waals surface area contributed by atoms with Gasteiger partial charge in [0.1, 0.15) is 23.9 Å². The van der Waals surface area contributed by atoms with Crippen LogP contribution in [0.2, 0.25) is 57.4 Å². The van der Waals surface area contributed by atoms with Gasteiger partial charge in [0.15, 0.2) is 0 Å². The highest BCUT2D eigenvalue weighted by atomic mass is 35.6. The molecule has 0 atom stereocenters. The fourth-order valence-corrected chi connectivity index (χ4v) is 18.8. The molecule has 1 aliphatic rings. The first kappa shape index (κ1) is 16.0. The molecule has 0 bridgehead atoms. The van der Waals surface area contributed by atoms with Crippen molar-refractivity contribution in [3.8, 4) is 0 Å². The summed E-state index contributed by atoms with van der Waals surface area (Å²) in [6.07, 6.45) is 2.71. The molecule has 0 aromatic heterocycles. The van der Waals surface area contributed by atoms with Gasteiger partial charge in [0.2, 0.25) is 0 Å². The van der Waals surface area contributed by atoms with E-state index >= 15 is 0 Å². The maximum atomic E-state index is 6.38. The van der Waals surface area contributed by atoms with Crippen LogP contribution in [-0.4, -0.2) is 34.6 Å². The van der Waals surface area contributed by atoms with E-state index in [1.54, 1.807) is 0 Å². The molecule has 0 unspecified atom stereocenters. The molecule has 1 heterocycles. The molecule has 102 valence electrons. The standard InChI is InChI=1S/C12H30ClNSi3/c1-15(2,13)10-8-7-9-14-16(3,4)11-12-17(14,5)6/h7-12H2,1-6H3. The van der Waals surface area contributed by atoms with Gasteiger partial charge in [-0.05, 0) is 31.1 Å². The molecule has 5 heteroatoms. The lowest BCUT2D eigenvalue weighted by molar-refractivity contribution is 0.582. The van der Waals surface area contributed by atoms with E-state index < -0.39 is 23.9 Å². The van der Waals surface area contributed by atoms with Crippen LogP contribution in [-0.2, 0) is 0 Å². The van der Waals surface area contributed by atoms with Gasteiger partial charge in [-0.1, -0.05) is 45.7 Å². The van der Waals surface area contributed by atoms with Gasteiger partial charge in [-0.15, -0.1) is 0 Å². The lowest BCUT2D eigenvalue weighted by atomic mass is 10.3. The van der Waals surface area contributed by atoms with Gasteiger partial charge in [0.05, 0.1) is 0 Å². The number of hydrogen-bond donors (Lipinski definition) is 0. The van der Waals surface area contributed by atoms with Crippen molar-refractivity contribution >= 4 is 34.9 Å². The molecular weight excluding hydrogens is 278 g/mol. The van der Waals surface area contributed by atoms with Crippen molar-refractivity contribution in [1.82, 2.24) is 4.23 Å². The molecule has 0 radical (unpaired) electrons. The number of hydrogen-bond acceptors (Lipinski definition) is 1. The third-order valence-corrected chi connectivity index (χ3v) is 16.8. The molecule has 0 aliphatic carbocycles. The lowest BCUT2D eigenvalue weighted by Crippen LogP contribution is -2.55. The first-order valence-electron chi connectivity index (χ1n) is 7.01. The lowest BCUT2D eigenvalue weighted by Gasteiger charge is -2.39. The fourth-order valence-electron chi connectivity index (χ4n) is 3.12. The Morgan fingerprint density at radius 2 is 1.47 bits per heavy atom. The van der Waals surface area contributed by atoms with Crippen molar-refractivity contribution in [2.24, 2.45) is 0 Å². The van der Waals surface area contributed by atoms with Crippen LogP contribution in [0.4, 0.5) is 0 Å². The summed E-state index contributed by atoms with van der Waals surface area (Å²) in [6, 6.07) is 4.34. The number of nitrogens with zero attached hydrogens (tertiary/aromatic N) is 1. The zero-order chi connectivity index (χ0) is 13.3. The highest BCUT2D eigenvalue weighted by molar-refractivity contribution is 7.19. The van der Waals surface area contributed by atoms with E-state index in [0.717, 1.165) is 0 Å². The molecular formula is C12H30ClNSi3. The summed E-state index contributed by atoms with van der Waals surface area (Å²) in [6.45, 7) is 16.2. The van der Waals surface area contributed by atoms with Crippen LogP contribution >= 0.6 is 11.1 Å². The first-order valence-corrected chi connectivity index (χ1v) is 17.5. The van der Waals surface area contributed by atoms with Crippen molar-refractivity contribution in [1.29, 1.82) is 0 Å². The van der Waals surface area contributed by atoms with Crippen molar-refractivity contribution < 1.29 is 0 Å². The molecule has 0 saturated carbocycles. The van der Waals surface area contributed by atoms with E-state index in [-0.39, 0.29) is 0 Å². The molecule has 17 heavy (non-hydrogen) atoms. The Balaban J connectivity index is 2.40. The summed E-state index contributed by atoms with van der Waals surface area (Å²) in [5.74, 6) is 0. The number of halogens is 1. The van der Waals surface area contributed by atoms with Crippen molar-refractivity contribution in [3.63, 3.8) is 0 Å². The van der Waals surface area contributed by atoms with Crippen LogP contribution in [0.3, 0.4) is 0 Å². The molecule has 1 nitrogen and oxygen atoms in total. The van der Waals surface area contributed by atoms with Gasteiger partial charge < -0.3 is 4.23 Å². The Morgan fingerprint density at radius 1 is 1.00 bits per heavy atom. The van der Waals surface area contributed by atoms with Gasteiger partial charge in [-0.25, -0.2) is 0 Å². The van der Waals surface area contributed by atoms with Crippen molar-refractivity contribution in [3.05, 3.63) is 0 Å². The summed E-state index contributed by atoms with van der Waals surface area (Å²) >= 11 is 6.38. The van der Waals surface area contributed by atoms with E-state index in [1.807, 2.05) is 0 Å². The third-order valence-electron chi connectivity index (χ3n) is 4.21. The van der Waals surface area contributed by atoms with Crippen molar-refractivity contribution in [2.75, 3.05) is 6.54 Å². The molecule has 0 amide bonds. The Hall–Kier alpha value is 0.901. The van der Waals surface area contributed by atoms with Gasteiger partial charge in [0.25, 0.3) is 0 Å². The zero-order valence-corrected chi connectivity index (χ0v) is 16.3. The Labute approximate surface area is 116 Å². The van der Waals surface area contributed by atoms with Crippen LogP contribution in [0.5, 0.6) is 0 Å². The van der Waals surface area contributed by atoms with E-state index in [1.165, 1.54) is 37.5 Å². The summed E-state index contributed by atoms with van der Waals surface area (Å²) < 4.78 is 2.99. The van der Waals surface area contributed by atoms with E-state index in [2.05, 4.69) is 43.5 Å². The highest BCUT2D eigenvalue weighted by Crippen LogP contribution is 2.37. The maximum absolute atomic E-state index is 6.38. The minimum absolute atomic E-state index is 1.03. The fraction of sp³-hybridized carbons (Fsp3) is 1.00. The second-order valence-electron chi connectivity index (χ2n) is 7.45. The van der Waals surface area contributed by atoms with E-state index in [9.17, 15) is 0 Å². The summed E-state index contributed by atoms with van der Waals surface area (Å²) in [7, 11) is -3.38. The second-order valence-corrected chi connectivity index (χ2v) is 24.2. The monoisotopic (exact) mass is 307 g/mol. The minimum Gasteiger partial charge on any atom is -0.345 e. The molecule has 1 saturated heterocycles. The third kappa shape index (κ3) is 4.82. The largest absolute Gasteiger partial charge is 0.345 e. The zero-order valence-electron chi connectivity index (χ0n) is 12.6. The van der Waals surface area contributed by atoms with Crippen LogP contribution in [0.25, 0.3) is 0 Å². The van der Waals surface area contributed by atoms with Crippen LogP contribution < -0.4 is 0 Å². The summed E-state index contributed by atoms with van der Waals surface area (Å²) in [4.78, 5) is 0. The van der Waals surface area contributed by atoms with E-state index in [4.69, 9.17) is 11.1 Å². The maximum Gasteiger partial charge on any atom is 0.150 e. The quantitative estimate of drug-likeness (QED) is 0.395. The first-order chi connectivity index (χ1) is 7.55. The summed E-state index contributed by atoms with van der Waals surface area (Å²) in [5.41, 5.74) is 0. The normalized spacial score (nSPS) is 24.2. The van der Waals surface area contributed by atoms with Gasteiger partial charge in [-0.2, -0.15) is 11.1 Å². The highest BCUT2D eigenvalue weighted by Gasteiger charge is 2.46. The van der Waals surface area contributed by atoms with Gasteiger partial charge >= 0.3 is 0 Å². The van der Waals surface area contributed by atoms with Crippen LogP contribution in [0.1, 0.15) is 12.8 Å². The van der Waals surface area contributed by atoms with E-state index in [0.29, 0.717) is 0 Å². The molecule has 0 aromatic carbocycles. The van der Waals surface area contributed by atoms with Crippen molar-refractivity contribution in [2.45, 2.75) is 70.3 Å². The molecule has 0 spiro atoms. The topological polar surface area (TPSA) is 3.24 Å². The van der Waals surface area contributed by atoms with Crippen LogP contribution in [0, 0.1) is 0 Å². The molecule has 1 fully saturated rings. The molecule has 1 aliphatic heterocycles. The Bertz CT molecular complexity index is 245. The predicted octanol–water partition coefficient (Wildman–Crippen LogP) is 4.94. The van der Waals surface area contributed by atoms with Gasteiger partial charge in [-0.3, -0.25) is 0 Å². The predicted molar refractivity (Wildman–Crippen MR) is 88.7 cm³/mol. The molecule has 0 N–H and O–H groups in total.